The number of anilines is 2. The number of nitrogens with one attached hydrogen (secondary N) is 2. The first kappa shape index (κ1) is 23.4. The van der Waals surface area contributed by atoms with Gasteiger partial charge in [0.15, 0.2) is 11.9 Å². The maximum Gasteiger partial charge on any atom is 0.316 e. The van der Waals surface area contributed by atoms with Gasteiger partial charge in [0.2, 0.25) is 15.9 Å². The maximum absolute atomic E-state index is 12.1. The molecule has 1 unspecified atom stereocenters. The summed E-state index contributed by atoms with van der Waals surface area (Å²) >= 11 is 1.01. The average Bonchev–Trinajstić information content (AvgIpc) is 3.05. The zero-order valence-corrected chi connectivity index (χ0v) is 17.7. The van der Waals surface area contributed by atoms with Crippen LogP contribution in [0.3, 0.4) is 0 Å². The Morgan fingerprint density at radius 3 is 2.43 bits per heavy atom. The molecule has 13 heteroatoms. The van der Waals surface area contributed by atoms with Gasteiger partial charge >= 0.3 is 5.97 Å². The van der Waals surface area contributed by atoms with Gasteiger partial charge < -0.3 is 19.9 Å². The zero-order valence-electron chi connectivity index (χ0n) is 16.1. The van der Waals surface area contributed by atoms with Gasteiger partial charge in [-0.05, 0) is 38.1 Å². The fourth-order valence-electron chi connectivity index (χ4n) is 2.09. The highest BCUT2D eigenvalue weighted by Gasteiger charge is 2.19. The normalized spacial score (nSPS) is 12.1. The molecular weight excluding hydrogens is 436 g/mol. The molecule has 0 spiro atoms. The van der Waals surface area contributed by atoms with Gasteiger partial charge in [-0.25, -0.2) is 13.6 Å². The van der Waals surface area contributed by atoms with Gasteiger partial charge in [-0.15, -0.1) is 11.8 Å². The summed E-state index contributed by atoms with van der Waals surface area (Å²) in [6.07, 6.45) is -1.09. The number of hydrogen-bond donors (Lipinski definition) is 3. The van der Waals surface area contributed by atoms with Crippen molar-refractivity contribution in [1.29, 1.82) is 0 Å². The van der Waals surface area contributed by atoms with E-state index in [1.165, 1.54) is 31.2 Å². The number of amides is 2. The van der Waals surface area contributed by atoms with E-state index >= 15 is 0 Å². The van der Waals surface area contributed by atoms with Crippen molar-refractivity contribution in [3.8, 4) is 0 Å². The molecule has 0 aliphatic rings. The molecule has 0 radical (unpaired) electrons. The molecule has 0 aliphatic heterocycles. The molecule has 0 aliphatic carbocycles. The molecule has 2 rings (SSSR count). The minimum atomic E-state index is -3.83. The lowest BCUT2D eigenvalue weighted by molar-refractivity contribution is -0.150. The van der Waals surface area contributed by atoms with Crippen LogP contribution in [0.2, 0.25) is 0 Å². The van der Waals surface area contributed by atoms with Gasteiger partial charge in [0.05, 0.1) is 16.4 Å². The van der Waals surface area contributed by atoms with Crippen molar-refractivity contribution in [2.45, 2.75) is 24.8 Å². The number of carbonyl (C=O) groups is 3. The SMILES string of the molecule is Cc1cc(NC(=O)CSCC(=O)OC(C)C(=O)Nc2ccc(S(N)(=O)=O)cc2)no1. The number of thioether (sulfide) groups is 1. The van der Waals surface area contributed by atoms with Crippen LogP contribution < -0.4 is 15.8 Å². The molecule has 11 nitrogen and oxygen atoms in total. The van der Waals surface area contributed by atoms with Gasteiger partial charge in [-0.1, -0.05) is 5.16 Å². The Morgan fingerprint density at radius 2 is 1.87 bits per heavy atom. The summed E-state index contributed by atoms with van der Waals surface area (Å²) in [5, 5.41) is 13.6. The van der Waals surface area contributed by atoms with E-state index in [9.17, 15) is 22.8 Å². The first-order chi connectivity index (χ1) is 14.0. The van der Waals surface area contributed by atoms with E-state index in [2.05, 4.69) is 15.8 Å². The Hall–Kier alpha value is -2.90. The molecule has 0 bridgehead atoms. The summed E-state index contributed by atoms with van der Waals surface area (Å²) in [7, 11) is -3.83. The quantitative estimate of drug-likeness (QED) is 0.463. The third-order valence-corrected chi connectivity index (χ3v) is 5.31. The molecule has 30 heavy (non-hydrogen) atoms. The van der Waals surface area contributed by atoms with Crippen LogP contribution in [-0.4, -0.2) is 49.0 Å². The third-order valence-electron chi connectivity index (χ3n) is 3.48. The van der Waals surface area contributed by atoms with Crippen LogP contribution in [0.15, 0.2) is 39.8 Å². The Morgan fingerprint density at radius 1 is 1.20 bits per heavy atom. The second-order valence-corrected chi connectivity index (χ2v) is 8.60. The Labute approximate surface area is 176 Å². The van der Waals surface area contributed by atoms with E-state index < -0.39 is 28.0 Å². The summed E-state index contributed by atoms with van der Waals surface area (Å²) in [6.45, 7) is 3.07. The summed E-state index contributed by atoms with van der Waals surface area (Å²) in [4.78, 5) is 35.6. The molecule has 0 fully saturated rings. The Kier molecular flexibility index (Phi) is 7.97. The Balaban J connectivity index is 1.72. The van der Waals surface area contributed by atoms with Gasteiger partial charge in [0, 0.05) is 11.8 Å². The van der Waals surface area contributed by atoms with Gasteiger partial charge in [-0.3, -0.25) is 14.4 Å². The number of esters is 1. The van der Waals surface area contributed by atoms with Crippen LogP contribution in [0.1, 0.15) is 12.7 Å². The molecule has 0 saturated heterocycles. The number of ether oxygens (including phenoxy) is 1. The lowest BCUT2D eigenvalue weighted by Gasteiger charge is -2.13. The lowest BCUT2D eigenvalue weighted by Crippen LogP contribution is -2.30. The number of nitrogens with zero attached hydrogens (tertiary/aromatic N) is 1. The molecule has 4 N–H and O–H groups in total. The molecule has 1 aromatic carbocycles. The smallest absolute Gasteiger partial charge is 0.316 e. The molecule has 0 saturated carbocycles. The number of sulfonamides is 1. The minimum absolute atomic E-state index is 0.0159. The predicted molar refractivity (Wildman–Crippen MR) is 109 cm³/mol. The van der Waals surface area contributed by atoms with Crippen LogP contribution in [0, 0.1) is 6.92 Å². The van der Waals surface area contributed by atoms with Crippen LogP contribution in [-0.2, 0) is 29.1 Å². The van der Waals surface area contributed by atoms with E-state index in [0.717, 1.165) is 11.8 Å². The van der Waals surface area contributed by atoms with E-state index in [1.54, 1.807) is 13.0 Å². The van der Waals surface area contributed by atoms with E-state index in [0.29, 0.717) is 11.4 Å². The highest BCUT2D eigenvalue weighted by molar-refractivity contribution is 8.00. The van der Waals surface area contributed by atoms with E-state index in [4.69, 9.17) is 14.4 Å². The maximum atomic E-state index is 12.1. The van der Waals surface area contributed by atoms with Crippen molar-refractivity contribution in [2.24, 2.45) is 5.14 Å². The molecule has 2 amide bonds. The van der Waals surface area contributed by atoms with Crippen molar-refractivity contribution in [1.82, 2.24) is 5.16 Å². The van der Waals surface area contributed by atoms with Crippen LogP contribution in [0.5, 0.6) is 0 Å². The lowest BCUT2D eigenvalue weighted by atomic mass is 10.3. The standard InChI is InChI=1S/C17H20N4O7S2/c1-10-7-14(21-28-10)20-15(22)8-29-9-16(23)27-11(2)17(24)19-12-3-5-13(6-4-12)30(18,25)26/h3-7,11H,8-9H2,1-2H3,(H,19,24)(H2,18,25,26)(H,20,21,22). The summed E-state index contributed by atoms with van der Waals surface area (Å²) in [6, 6.07) is 6.75. The van der Waals surface area contributed by atoms with E-state index in [-0.39, 0.29) is 28.1 Å². The molecule has 2 aromatic rings. The Bertz CT molecular complexity index is 1020. The highest BCUT2D eigenvalue weighted by atomic mass is 32.2. The molecule has 1 aromatic heterocycles. The second kappa shape index (κ2) is 10.2. The first-order valence-corrected chi connectivity index (χ1v) is 11.2. The van der Waals surface area contributed by atoms with Crippen molar-refractivity contribution in [3.05, 3.63) is 36.1 Å². The number of carbonyl (C=O) groups excluding carboxylic acids is 3. The largest absolute Gasteiger partial charge is 0.452 e. The number of aryl methyl sites for hydroxylation is 1. The molecule has 162 valence electrons. The van der Waals surface area contributed by atoms with E-state index in [1.807, 2.05) is 0 Å². The fraction of sp³-hybridized carbons (Fsp3) is 0.294. The monoisotopic (exact) mass is 456 g/mol. The van der Waals surface area contributed by atoms with Gasteiger partial charge in [0.25, 0.3) is 5.91 Å². The van der Waals surface area contributed by atoms with Crippen molar-refractivity contribution in [2.75, 3.05) is 22.1 Å². The number of aromatic nitrogens is 1. The number of nitrogens with two attached hydrogens (primary N) is 1. The molecule has 1 atom stereocenters. The van der Waals surface area contributed by atoms with Gasteiger partial charge in [0.1, 0.15) is 5.76 Å². The molecule has 1 heterocycles. The highest BCUT2D eigenvalue weighted by Crippen LogP contribution is 2.14. The van der Waals surface area contributed by atoms with Crippen molar-refractivity contribution >= 4 is 51.1 Å². The third kappa shape index (κ3) is 7.50. The molecular formula is C17H20N4O7S2. The van der Waals surface area contributed by atoms with Gasteiger partial charge in [-0.2, -0.15) is 0 Å². The first-order valence-electron chi connectivity index (χ1n) is 8.48. The topological polar surface area (TPSA) is 171 Å². The number of primary sulfonamides is 1. The van der Waals surface area contributed by atoms with Crippen LogP contribution >= 0.6 is 11.8 Å². The summed E-state index contributed by atoms with van der Waals surface area (Å²) < 4.78 is 32.3. The zero-order chi connectivity index (χ0) is 22.3. The van der Waals surface area contributed by atoms with Crippen molar-refractivity contribution < 1.29 is 32.1 Å². The van der Waals surface area contributed by atoms with Crippen LogP contribution in [0.4, 0.5) is 11.5 Å². The van der Waals surface area contributed by atoms with Crippen molar-refractivity contribution in [3.63, 3.8) is 0 Å². The summed E-state index contributed by atoms with van der Waals surface area (Å²) in [5.74, 6) is -0.954. The second-order valence-electron chi connectivity index (χ2n) is 6.05. The number of benzene rings is 1. The minimum Gasteiger partial charge on any atom is -0.452 e. The fourth-order valence-corrected chi connectivity index (χ4v) is 3.20. The average molecular weight is 457 g/mol. The predicted octanol–water partition coefficient (Wildman–Crippen LogP) is 0.873. The summed E-state index contributed by atoms with van der Waals surface area (Å²) in [5.41, 5.74) is 0.310. The number of hydrogen-bond acceptors (Lipinski definition) is 9. The number of rotatable bonds is 9. The van der Waals surface area contributed by atoms with Crippen LogP contribution in [0.25, 0.3) is 0 Å².